The minimum atomic E-state index is -0.767. The molecule has 1 aromatic heterocycles. The van der Waals surface area contributed by atoms with E-state index in [4.69, 9.17) is 4.74 Å². The molecule has 1 aromatic carbocycles. The number of hydrogen-bond donors (Lipinski definition) is 2. The molecule has 8 heteroatoms. The minimum Gasteiger partial charge on any atom is -0.450 e. The first-order valence-corrected chi connectivity index (χ1v) is 12.9. The Bertz CT molecular complexity index is 954. The van der Waals surface area contributed by atoms with Crippen molar-refractivity contribution in [2.75, 3.05) is 17.7 Å². The molecular weight excluding hydrogens is 444 g/mol. The van der Waals surface area contributed by atoms with E-state index in [9.17, 15) is 14.4 Å². The Hall–Kier alpha value is -2.32. The molecule has 172 valence electrons. The maximum absolute atomic E-state index is 12.9. The normalized spacial score (nSPS) is 13.1. The molecule has 0 radical (unpaired) electrons. The molecule has 2 N–H and O–H groups in total. The van der Waals surface area contributed by atoms with Crippen molar-refractivity contribution in [2.45, 2.75) is 63.7 Å². The van der Waals surface area contributed by atoms with Gasteiger partial charge in [0.1, 0.15) is 5.00 Å². The van der Waals surface area contributed by atoms with E-state index in [1.54, 1.807) is 18.7 Å². The quantitative estimate of drug-likeness (QED) is 0.290. The summed E-state index contributed by atoms with van der Waals surface area (Å²) in [5.74, 6) is 0.220. The maximum Gasteiger partial charge on any atom is 0.414 e. The van der Waals surface area contributed by atoms with Crippen LogP contribution in [0.5, 0.6) is 0 Å². The van der Waals surface area contributed by atoms with E-state index in [2.05, 4.69) is 41.8 Å². The lowest BCUT2D eigenvalue weighted by atomic mass is 10.0. The highest BCUT2D eigenvalue weighted by Crippen LogP contribution is 2.37. The van der Waals surface area contributed by atoms with Gasteiger partial charge in [0.2, 0.25) is 5.91 Å². The number of amides is 3. The zero-order valence-electron chi connectivity index (χ0n) is 18.6. The van der Waals surface area contributed by atoms with E-state index in [1.165, 1.54) is 21.8 Å². The highest BCUT2D eigenvalue weighted by atomic mass is 32.2. The number of carbonyl (C=O) groups is 3. The van der Waals surface area contributed by atoms with Crippen LogP contribution in [0.1, 0.15) is 65.4 Å². The number of nitrogens with one attached hydrogen (secondary N) is 2. The average Bonchev–Trinajstić information content (AvgIpc) is 2.93. The number of anilines is 1. The van der Waals surface area contributed by atoms with Crippen LogP contribution < -0.4 is 10.6 Å². The van der Waals surface area contributed by atoms with E-state index < -0.39 is 12.0 Å². The van der Waals surface area contributed by atoms with Crippen LogP contribution in [0.15, 0.2) is 29.2 Å². The van der Waals surface area contributed by atoms with Gasteiger partial charge in [0.05, 0.1) is 12.2 Å². The van der Waals surface area contributed by atoms with E-state index in [0.717, 1.165) is 54.7 Å². The topological polar surface area (TPSA) is 84.5 Å². The number of rotatable bonds is 8. The van der Waals surface area contributed by atoms with Gasteiger partial charge in [0.25, 0.3) is 5.91 Å². The van der Waals surface area contributed by atoms with Crippen LogP contribution in [-0.4, -0.2) is 30.3 Å². The Morgan fingerprint density at radius 3 is 2.59 bits per heavy atom. The molecule has 0 fully saturated rings. The van der Waals surface area contributed by atoms with Crippen molar-refractivity contribution in [2.24, 2.45) is 0 Å². The molecule has 1 aliphatic carbocycles. The van der Waals surface area contributed by atoms with Gasteiger partial charge in [-0.15, -0.1) is 23.1 Å². The third-order valence-corrected chi connectivity index (χ3v) is 7.54. The fourth-order valence-electron chi connectivity index (χ4n) is 3.64. The summed E-state index contributed by atoms with van der Waals surface area (Å²) in [7, 11) is 0. The van der Waals surface area contributed by atoms with Crippen LogP contribution in [0.3, 0.4) is 0 Å². The molecule has 0 saturated carbocycles. The Morgan fingerprint density at radius 1 is 1.09 bits per heavy atom. The van der Waals surface area contributed by atoms with Crippen molar-refractivity contribution in [1.29, 1.82) is 0 Å². The molecule has 0 saturated heterocycles. The van der Waals surface area contributed by atoms with Crippen LogP contribution in [-0.2, 0) is 22.4 Å². The number of aryl methyl sites for hydroxylation is 2. The van der Waals surface area contributed by atoms with Crippen LogP contribution in [0, 0.1) is 6.92 Å². The molecule has 0 atom stereocenters. The van der Waals surface area contributed by atoms with Crippen LogP contribution in [0.2, 0.25) is 0 Å². The molecule has 6 nitrogen and oxygen atoms in total. The summed E-state index contributed by atoms with van der Waals surface area (Å²) >= 11 is 3.19. The lowest BCUT2D eigenvalue weighted by Crippen LogP contribution is -2.32. The summed E-state index contributed by atoms with van der Waals surface area (Å²) < 4.78 is 4.85. The largest absolute Gasteiger partial charge is 0.450 e. The summed E-state index contributed by atoms with van der Waals surface area (Å²) in [6.07, 6.45) is 5.18. The minimum absolute atomic E-state index is 0.115. The highest BCUT2D eigenvalue weighted by Gasteiger charge is 2.26. The van der Waals surface area contributed by atoms with Gasteiger partial charge in [-0.25, -0.2) is 4.79 Å². The van der Waals surface area contributed by atoms with Gasteiger partial charge in [-0.1, -0.05) is 24.1 Å². The summed E-state index contributed by atoms with van der Waals surface area (Å²) in [5, 5.41) is 5.77. The highest BCUT2D eigenvalue weighted by molar-refractivity contribution is 7.99. The van der Waals surface area contributed by atoms with Crippen molar-refractivity contribution < 1.29 is 19.1 Å². The zero-order valence-corrected chi connectivity index (χ0v) is 20.3. The smallest absolute Gasteiger partial charge is 0.414 e. The monoisotopic (exact) mass is 474 g/mol. The molecule has 1 heterocycles. The van der Waals surface area contributed by atoms with Gasteiger partial charge in [-0.2, -0.15) is 0 Å². The number of hydrogen-bond acceptors (Lipinski definition) is 6. The van der Waals surface area contributed by atoms with E-state index >= 15 is 0 Å². The van der Waals surface area contributed by atoms with Crippen LogP contribution >= 0.6 is 23.1 Å². The lowest BCUT2D eigenvalue weighted by Gasteiger charge is -2.09. The van der Waals surface area contributed by atoms with Crippen LogP contribution in [0.25, 0.3) is 0 Å². The second-order valence-electron chi connectivity index (χ2n) is 7.76. The average molecular weight is 475 g/mol. The molecule has 0 spiro atoms. The second kappa shape index (κ2) is 12.1. The lowest BCUT2D eigenvalue weighted by molar-refractivity contribution is -0.116. The number of ether oxygens (including phenoxy) is 1. The van der Waals surface area contributed by atoms with Crippen molar-refractivity contribution in [3.8, 4) is 0 Å². The second-order valence-corrected chi connectivity index (χ2v) is 10.0. The number of fused-ring (bicyclic) bond motifs is 1. The summed E-state index contributed by atoms with van der Waals surface area (Å²) in [6, 6.07) is 8.35. The fraction of sp³-hybridized carbons (Fsp3) is 0.458. The van der Waals surface area contributed by atoms with Gasteiger partial charge < -0.3 is 10.1 Å². The first-order chi connectivity index (χ1) is 15.5. The van der Waals surface area contributed by atoms with Crippen molar-refractivity contribution in [3.63, 3.8) is 0 Å². The summed E-state index contributed by atoms with van der Waals surface area (Å²) in [6.45, 7) is 3.93. The van der Waals surface area contributed by atoms with Gasteiger partial charge in [-0.3, -0.25) is 14.9 Å². The SMILES string of the molecule is CCOC(=O)NC(=O)c1c(NC(=O)CCCSc2ccc(C)cc2)sc2c1CCCCC2. The first kappa shape index (κ1) is 24.3. The van der Waals surface area contributed by atoms with Crippen molar-refractivity contribution >= 4 is 46.0 Å². The van der Waals surface area contributed by atoms with Crippen molar-refractivity contribution in [1.82, 2.24) is 5.32 Å². The van der Waals surface area contributed by atoms with Crippen molar-refractivity contribution in [3.05, 3.63) is 45.8 Å². The Balaban J connectivity index is 1.62. The Kier molecular flexibility index (Phi) is 9.17. The van der Waals surface area contributed by atoms with Gasteiger partial charge in [-0.05, 0) is 69.4 Å². The fourth-order valence-corrected chi connectivity index (χ4v) is 5.80. The van der Waals surface area contributed by atoms with E-state index in [0.29, 0.717) is 17.0 Å². The van der Waals surface area contributed by atoms with E-state index in [1.807, 2.05) is 0 Å². The number of thiophene rings is 1. The molecule has 0 unspecified atom stereocenters. The molecular formula is C24H30N2O4S2. The Labute approximate surface area is 197 Å². The molecule has 3 rings (SSSR count). The van der Waals surface area contributed by atoms with E-state index in [-0.39, 0.29) is 12.5 Å². The number of carbonyl (C=O) groups excluding carboxylic acids is 3. The standard InChI is InChI=1S/C24H30N2O4S2/c1-3-30-24(29)26-22(28)21-18-8-5-4-6-9-19(18)32-23(21)25-20(27)10-7-15-31-17-13-11-16(2)12-14-17/h11-14H,3-10,15H2,1-2H3,(H,25,27)(H,26,28,29). The number of thioether (sulfide) groups is 1. The van der Waals surface area contributed by atoms with Gasteiger partial charge >= 0.3 is 6.09 Å². The van der Waals surface area contributed by atoms with Gasteiger partial charge in [0, 0.05) is 16.2 Å². The number of alkyl carbamates (subject to hydrolysis) is 1. The zero-order chi connectivity index (χ0) is 22.9. The van der Waals surface area contributed by atoms with Gasteiger partial charge in [0.15, 0.2) is 0 Å². The maximum atomic E-state index is 12.9. The van der Waals surface area contributed by atoms with Crippen LogP contribution in [0.4, 0.5) is 9.80 Å². The molecule has 2 aromatic rings. The summed E-state index contributed by atoms with van der Waals surface area (Å²) in [4.78, 5) is 39.6. The molecule has 0 bridgehead atoms. The molecule has 1 aliphatic rings. The number of imide groups is 1. The molecule has 0 aliphatic heterocycles. The predicted octanol–water partition coefficient (Wildman–Crippen LogP) is 5.72. The molecule has 3 amide bonds. The predicted molar refractivity (Wildman–Crippen MR) is 130 cm³/mol. The third kappa shape index (κ3) is 6.84. The first-order valence-electron chi connectivity index (χ1n) is 11.1. The Morgan fingerprint density at radius 2 is 1.84 bits per heavy atom. The molecule has 32 heavy (non-hydrogen) atoms. The third-order valence-electron chi connectivity index (χ3n) is 5.23. The summed E-state index contributed by atoms with van der Waals surface area (Å²) in [5.41, 5.74) is 2.60. The number of benzene rings is 1.